The molecule has 2 heteroatoms. The highest BCUT2D eigenvalue weighted by Gasteiger charge is 2.04. The van der Waals surface area contributed by atoms with Gasteiger partial charge in [0.25, 0.3) is 0 Å². The van der Waals surface area contributed by atoms with Crippen molar-refractivity contribution in [2.45, 2.75) is 233 Å². The SMILES string of the molecule is CCCCCCCC=NC(C)(C)C.CCCCCCCCCCCCCCCCCCCCCC=NC(C)(C)C. The van der Waals surface area contributed by atoms with E-state index in [0.717, 1.165) is 12.8 Å². The van der Waals surface area contributed by atoms with Gasteiger partial charge >= 0.3 is 0 Å². The van der Waals surface area contributed by atoms with E-state index < -0.39 is 0 Å². The van der Waals surface area contributed by atoms with Crippen molar-refractivity contribution in [2.75, 3.05) is 0 Å². The van der Waals surface area contributed by atoms with Crippen LogP contribution >= 0.6 is 0 Å². The quantitative estimate of drug-likeness (QED) is 0.0739. The van der Waals surface area contributed by atoms with E-state index in [1.807, 2.05) is 0 Å². The number of hydrogen-bond donors (Lipinski definition) is 0. The van der Waals surface area contributed by atoms with Gasteiger partial charge in [-0.15, -0.1) is 0 Å². The Labute approximate surface area is 255 Å². The second-order valence-corrected chi connectivity index (χ2v) is 14.3. The lowest BCUT2D eigenvalue weighted by molar-refractivity contribution is 0.524. The summed E-state index contributed by atoms with van der Waals surface area (Å²) in [6.07, 6.45) is 40.8. The van der Waals surface area contributed by atoms with Gasteiger partial charge < -0.3 is 0 Å². The number of hydrogen-bond acceptors (Lipinski definition) is 2. The highest BCUT2D eigenvalue weighted by Crippen LogP contribution is 2.15. The van der Waals surface area contributed by atoms with E-state index in [9.17, 15) is 0 Å². The monoisotopic (exact) mass is 563 g/mol. The maximum atomic E-state index is 4.55. The van der Waals surface area contributed by atoms with Gasteiger partial charge in [-0.25, -0.2) is 0 Å². The number of nitrogens with zero attached hydrogens (tertiary/aromatic N) is 2. The summed E-state index contributed by atoms with van der Waals surface area (Å²) in [7, 11) is 0. The zero-order valence-electron chi connectivity index (χ0n) is 29.4. The Hall–Kier alpha value is -0.660. The van der Waals surface area contributed by atoms with Crippen LogP contribution < -0.4 is 0 Å². The first kappa shape index (κ1) is 41.5. The molecule has 0 fully saturated rings. The molecule has 0 spiro atoms. The Bertz CT molecular complexity index is 521. The van der Waals surface area contributed by atoms with Gasteiger partial charge in [-0.2, -0.15) is 0 Å². The molecule has 0 amide bonds. The van der Waals surface area contributed by atoms with Crippen LogP contribution in [-0.2, 0) is 0 Å². The van der Waals surface area contributed by atoms with Crippen molar-refractivity contribution in [3.63, 3.8) is 0 Å². The third-order valence-corrected chi connectivity index (χ3v) is 7.33. The molecule has 0 aromatic rings. The predicted molar refractivity (Wildman–Crippen MR) is 188 cm³/mol. The lowest BCUT2D eigenvalue weighted by atomic mass is 10.0. The van der Waals surface area contributed by atoms with Crippen molar-refractivity contribution in [3.05, 3.63) is 0 Å². The molecule has 0 N–H and O–H groups in total. The molecule has 0 saturated carbocycles. The molecular weight excluding hydrogens is 484 g/mol. The van der Waals surface area contributed by atoms with Crippen LogP contribution in [0.1, 0.15) is 222 Å². The molecular formula is C38H78N2. The smallest absolute Gasteiger partial charge is 0.0520 e. The Morgan fingerprint density at radius 3 is 0.725 bits per heavy atom. The second-order valence-electron chi connectivity index (χ2n) is 14.3. The Balaban J connectivity index is 0. The summed E-state index contributed by atoms with van der Waals surface area (Å²) in [6, 6.07) is 0. The topological polar surface area (TPSA) is 24.7 Å². The molecule has 2 nitrogen and oxygen atoms in total. The summed E-state index contributed by atoms with van der Waals surface area (Å²) in [5.74, 6) is 0. The minimum absolute atomic E-state index is 0.105. The molecule has 0 aliphatic rings. The maximum Gasteiger partial charge on any atom is 0.0520 e. The van der Waals surface area contributed by atoms with Crippen LogP contribution in [0.25, 0.3) is 0 Å². The number of rotatable bonds is 26. The third-order valence-electron chi connectivity index (χ3n) is 7.33. The van der Waals surface area contributed by atoms with Gasteiger partial charge in [-0.3, -0.25) is 9.98 Å². The van der Waals surface area contributed by atoms with E-state index in [0.29, 0.717) is 0 Å². The van der Waals surface area contributed by atoms with Gasteiger partial charge in [0.1, 0.15) is 0 Å². The van der Waals surface area contributed by atoms with Crippen LogP contribution in [0.4, 0.5) is 0 Å². The van der Waals surface area contributed by atoms with Crippen molar-refractivity contribution in [3.8, 4) is 0 Å². The van der Waals surface area contributed by atoms with E-state index in [-0.39, 0.29) is 11.1 Å². The standard InChI is InChI=1S/C26H53N.C12H25N/c1-5-6-7-8-9-10-11-12-13-14-15-16-17-18-19-20-21-22-23-24-25-27-26(2,3)4;1-5-6-7-8-9-10-11-13-12(2,3)4/h25H,5-24H2,1-4H3;11H,5-10H2,1-4H3. The van der Waals surface area contributed by atoms with E-state index in [4.69, 9.17) is 0 Å². The van der Waals surface area contributed by atoms with Gasteiger partial charge in [0.2, 0.25) is 0 Å². The first-order valence-electron chi connectivity index (χ1n) is 18.2. The molecule has 0 bridgehead atoms. The van der Waals surface area contributed by atoms with E-state index >= 15 is 0 Å². The predicted octanol–water partition coefficient (Wildman–Crippen LogP) is 13.9. The summed E-state index contributed by atoms with van der Waals surface area (Å²) >= 11 is 0. The fourth-order valence-corrected chi connectivity index (χ4v) is 4.83. The van der Waals surface area contributed by atoms with Gasteiger partial charge in [0.05, 0.1) is 11.1 Å². The van der Waals surface area contributed by atoms with E-state index in [2.05, 4.69) is 77.8 Å². The number of aliphatic imine (C=N–C) groups is 2. The largest absolute Gasteiger partial charge is 0.292 e. The van der Waals surface area contributed by atoms with Crippen molar-refractivity contribution < 1.29 is 0 Å². The zero-order valence-corrected chi connectivity index (χ0v) is 29.4. The van der Waals surface area contributed by atoms with Crippen LogP contribution in [0, 0.1) is 0 Å². The fraction of sp³-hybridized carbons (Fsp3) is 0.947. The van der Waals surface area contributed by atoms with Gasteiger partial charge in [-0.05, 0) is 79.7 Å². The van der Waals surface area contributed by atoms with Crippen LogP contribution in [0.2, 0.25) is 0 Å². The minimum Gasteiger partial charge on any atom is -0.292 e. The highest BCUT2D eigenvalue weighted by atomic mass is 14.8. The molecule has 0 radical (unpaired) electrons. The molecule has 0 unspecified atom stereocenters. The second kappa shape index (κ2) is 31.3. The summed E-state index contributed by atoms with van der Waals surface area (Å²) in [6.45, 7) is 17.5. The summed E-state index contributed by atoms with van der Waals surface area (Å²) in [4.78, 5) is 9.00. The van der Waals surface area contributed by atoms with Crippen molar-refractivity contribution in [1.82, 2.24) is 0 Å². The molecule has 40 heavy (non-hydrogen) atoms. The molecule has 0 aliphatic carbocycles. The van der Waals surface area contributed by atoms with Gasteiger partial charge in [-0.1, -0.05) is 155 Å². The first-order chi connectivity index (χ1) is 19.1. The van der Waals surface area contributed by atoms with Gasteiger partial charge in [0.15, 0.2) is 0 Å². The molecule has 0 aromatic carbocycles. The first-order valence-corrected chi connectivity index (χ1v) is 18.2. The minimum atomic E-state index is 0.105. The molecule has 0 saturated heterocycles. The highest BCUT2D eigenvalue weighted by molar-refractivity contribution is 5.58. The maximum absolute atomic E-state index is 4.55. The summed E-state index contributed by atoms with van der Waals surface area (Å²) in [5.41, 5.74) is 0.220. The molecule has 0 aliphatic heterocycles. The molecule has 0 rings (SSSR count). The van der Waals surface area contributed by atoms with E-state index in [1.165, 1.54) is 154 Å². The van der Waals surface area contributed by atoms with Crippen LogP contribution in [0.5, 0.6) is 0 Å². The summed E-state index contributed by atoms with van der Waals surface area (Å²) < 4.78 is 0. The van der Waals surface area contributed by atoms with Crippen molar-refractivity contribution >= 4 is 12.4 Å². The Morgan fingerprint density at radius 1 is 0.325 bits per heavy atom. The van der Waals surface area contributed by atoms with Crippen LogP contribution in [0.15, 0.2) is 9.98 Å². The normalized spacial score (nSPS) is 12.4. The lowest BCUT2D eigenvalue weighted by Gasteiger charge is -2.10. The zero-order chi connectivity index (χ0) is 30.2. The van der Waals surface area contributed by atoms with E-state index in [1.54, 1.807) is 0 Å². The Kier molecular flexibility index (Phi) is 32.4. The van der Waals surface area contributed by atoms with Crippen LogP contribution in [0.3, 0.4) is 0 Å². The average Bonchev–Trinajstić information content (AvgIpc) is 2.88. The Morgan fingerprint density at radius 2 is 0.525 bits per heavy atom. The fourth-order valence-electron chi connectivity index (χ4n) is 4.83. The lowest BCUT2D eigenvalue weighted by Crippen LogP contribution is -2.09. The molecule has 0 aromatic heterocycles. The molecule has 0 atom stereocenters. The molecule has 0 heterocycles. The molecule has 240 valence electrons. The van der Waals surface area contributed by atoms with Crippen LogP contribution in [-0.4, -0.2) is 23.5 Å². The number of unbranched alkanes of at least 4 members (excludes halogenated alkanes) is 24. The van der Waals surface area contributed by atoms with Crippen molar-refractivity contribution in [1.29, 1.82) is 0 Å². The summed E-state index contributed by atoms with van der Waals surface area (Å²) in [5, 5.41) is 0. The van der Waals surface area contributed by atoms with Crippen molar-refractivity contribution in [2.24, 2.45) is 9.98 Å². The van der Waals surface area contributed by atoms with Gasteiger partial charge in [0, 0.05) is 0 Å². The average molecular weight is 563 g/mol. The third kappa shape index (κ3) is 44.4.